The minimum atomic E-state index is -0.560. The number of amides is 1. The number of carbonyl (C=O) groups excluding carboxylic acids is 1. The largest absolute Gasteiger partial charge is 0.497 e. The Morgan fingerprint density at radius 3 is 2.63 bits per heavy atom. The summed E-state index contributed by atoms with van der Waals surface area (Å²) >= 11 is 0. The van der Waals surface area contributed by atoms with Gasteiger partial charge in [-0.15, -0.1) is 0 Å². The van der Waals surface area contributed by atoms with Crippen molar-refractivity contribution in [3.05, 3.63) is 71.4 Å². The third kappa shape index (κ3) is 6.35. The topological polar surface area (TPSA) is 115 Å². The molecule has 0 unspecified atom stereocenters. The van der Waals surface area contributed by atoms with Crippen LogP contribution in [-0.2, 0) is 11.3 Å². The molecule has 4 aromatic rings. The van der Waals surface area contributed by atoms with Crippen molar-refractivity contribution in [2.24, 2.45) is 0 Å². The van der Waals surface area contributed by atoms with E-state index in [4.69, 9.17) is 19.3 Å². The van der Waals surface area contributed by atoms with E-state index in [2.05, 4.69) is 16.4 Å². The number of hydrogen-bond acceptors (Lipinski definition) is 8. The van der Waals surface area contributed by atoms with Crippen LogP contribution in [0.2, 0.25) is 0 Å². The maximum Gasteiger partial charge on any atom is 0.410 e. The molecule has 10 heteroatoms. The number of benzene rings is 2. The van der Waals surface area contributed by atoms with Gasteiger partial charge < -0.3 is 24.4 Å². The van der Waals surface area contributed by atoms with Gasteiger partial charge in [0.05, 0.1) is 19.2 Å². The van der Waals surface area contributed by atoms with Gasteiger partial charge in [0.15, 0.2) is 11.5 Å². The number of fused-ring (bicyclic) bond motifs is 1. The highest BCUT2D eigenvalue weighted by molar-refractivity contribution is 5.93. The Balaban J connectivity index is 1.49. The molecule has 0 saturated carbocycles. The fourth-order valence-corrected chi connectivity index (χ4v) is 4.77. The van der Waals surface area contributed by atoms with Crippen LogP contribution >= 0.6 is 0 Å². The zero-order valence-corrected chi connectivity index (χ0v) is 24.0. The zero-order valence-electron chi connectivity index (χ0n) is 24.0. The van der Waals surface area contributed by atoms with E-state index in [0.717, 1.165) is 23.3 Å². The third-order valence-electron chi connectivity index (χ3n) is 6.74. The van der Waals surface area contributed by atoms with E-state index in [1.165, 1.54) is 0 Å². The maximum atomic E-state index is 12.7. The molecule has 1 aliphatic rings. The monoisotopic (exact) mass is 554 g/mol. The zero-order chi connectivity index (χ0) is 29.1. The van der Waals surface area contributed by atoms with Gasteiger partial charge in [-0.2, -0.15) is 10.4 Å². The lowest BCUT2D eigenvalue weighted by Gasteiger charge is -2.24. The molecule has 1 saturated heterocycles. The van der Waals surface area contributed by atoms with Crippen molar-refractivity contribution in [1.29, 1.82) is 5.26 Å². The van der Waals surface area contributed by atoms with Crippen LogP contribution in [0.5, 0.6) is 17.2 Å². The van der Waals surface area contributed by atoms with E-state index in [0.29, 0.717) is 53.5 Å². The van der Waals surface area contributed by atoms with Gasteiger partial charge in [-0.05, 0) is 69.5 Å². The summed E-state index contributed by atoms with van der Waals surface area (Å²) in [7, 11) is 1.64. The van der Waals surface area contributed by atoms with Crippen LogP contribution in [-0.4, -0.2) is 57.6 Å². The second-order valence-electron chi connectivity index (χ2n) is 11.1. The number of likely N-dealkylation sites (tertiary alicyclic amines) is 1. The molecule has 0 spiro atoms. The lowest BCUT2D eigenvalue weighted by molar-refractivity contribution is 0.0293. The first-order valence-corrected chi connectivity index (χ1v) is 13.5. The lowest BCUT2D eigenvalue weighted by atomic mass is 10.1. The first-order valence-electron chi connectivity index (χ1n) is 13.5. The second kappa shape index (κ2) is 11.4. The molecule has 1 amide bonds. The highest BCUT2D eigenvalue weighted by Crippen LogP contribution is 2.36. The molecule has 1 N–H and O–H groups in total. The van der Waals surface area contributed by atoms with Gasteiger partial charge in [0.1, 0.15) is 34.3 Å². The first kappa shape index (κ1) is 27.8. The lowest BCUT2D eigenvalue weighted by Crippen LogP contribution is -2.36. The molecule has 1 fully saturated rings. The van der Waals surface area contributed by atoms with Crippen LogP contribution in [0, 0.1) is 18.3 Å². The second-order valence-corrected chi connectivity index (χ2v) is 11.1. The van der Waals surface area contributed by atoms with Crippen molar-refractivity contribution in [1.82, 2.24) is 19.7 Å². The van der Waals surface area contributed by atoms with Crippen LogP contribution in [0.4, 0.5) is 10.6 Å². The van der Waals surface area contributed by atoms with E-state index >= 15 is 0 Å². The normalized spacial score (nSPS) is 15.0. The standard InChI is InChI=1S/C31H34N6O4/c1-20-6-11-25(22(16-20)17-32)40-26-12-14-33-29-27(26)28(35-37(29)18-21-7-9-24(39-5)10-8-21)34-23-13-15-36(19-23)30(38)41-31(2,3)4/h6-12,14,16,23H,13,15,18-19H2,1-5H3,(H,34,35)/t23-/m1/s1. The van der Waals surface area contributed by atoms with Crippen molar-refractivity contribution in [2.45, 2.75) is 52.3 Å². The third-order valence-corrected chi connectivity index (χ3v) is 6.74. The molecule has 1 atom stereocenters. The van der Waals surface area contributed by atoms with Crippen molar-refractivity contribution < 1.29 is 19.0 Å². The molecule has 1 aliphatic heterocycles. The van der Waals surface area contributed by atoms with Gasteiger partial charge in [0.2, 0.25) is 0 Å². The summed E-state index contributed by atoms with van der Waals surface area (Å²) in [6.07, 6.45) is 2.08. The highest BCUT2D eigenvalue weighted by atomic mass is 16.6. The Labute approximate surface area is 239 Å². The number of nitriles is 1. The van der Waals surface area contributed by atoms with Gasteiger partial charge in [0.25, 0.3) is 0 Å². The average Bonchev–Trinajstić information content (AvgIpc) is 3.55. The molecule has 212 valence electrons. The number of hydrogen-bond donors (Lipinski definition) is 1. The van der Waals surface area contributed by atoms with E-state index < -0.39 is 5.60 Å². The van der Waals surface area contributed by atoms with Gasteiger partial charge in [-0.1, -0.05) is 18.2 Å². The summed E-state index contributed by atoms with van der Waals surface area (Å²) < 4.78 is 19.0. The molecule has 10 nitrogen and oxygen atoms in total. The van der Waals surface area contributed by atoms with Gasteiger partial charge >= 0.3 is 6.09 Å². The van der Waals surface area contributed by atoms with Crippen LogP contribution < -0.4 is 14.8 Å². The molecule has 2 aromatic heterocycles. The van der Waals surface area contributed by atoms with E-state index in [1.54, 1.807) is 36.4 Å². The Kier molecular flexibility index (Phi) is 7.70. The minimum absolute atomic E-state index is 0.0443. The summed E-state index contributed by atoms with van der Waals surface area (Å²) in [4.78, 5) is 19.0. The van der Waals surface area contributed by atoms with Crippen LogP contribution in [0.1, 0.15) is 43.9 Å². The van der Waals surface area contributed by atoms with E-state index in [9.17, 15) is 10.1 Å². The fraction of sp³-hybridized carbons (Fsp3) is 0.355. The van der Waals surface area contributed by atoms with Crippen LogP contribution in [0.3, 0.4) is 0 Å². The fourth-order valence-electron chi connectivity index (χ4n) is 4.77. The summed E-state index contributed by atoms with van der Waals surface area (Å²) in [6, 6.07) is 17.2. The molecular weight excluding hydrogens is 520 g/mol. The van der Waals surface area contributed by atoms with Gasteiger partial charge in [0, 0.05) is 31.4 Å². The van der Waals surface area contributed by atoms with Crippen molar-refractivity contribution in [3.63, 3.8) is 0 Å². The van der Waals surface area contributed by atoms with Crippen LogP contribution in [0.15, 0.2) is 54.7 Å². The van der Waals surface area contributed by atoms with E-state index in [-0.39, 0.29) is 12.1 Å². The van der Waals surface area contributed by atoms with E-state index in [1.807, 2.05) is 62.7 Å². The molecule has 0 bridgehead atoms. The number of rotatable bonds is 7. The number of ether oxygens (including phenoxy) is 3. The van der Waals surface area contributed by atoms with Gasteiger partial charge in [-0.25, -0.2) is 14.5 Å². The molecule has 3 heterocycles. The number of nitrogens with one attached hydrogen (secondary N) is 1. The molecule has 0 aliphatic carbocycles. The number of pyridine rings is 1. The highest BCUT2D eigenvalue weighted by Gasteiger charge is 2.31. The number of aromatic nitrogens is 3. The predicted octanol–water partition coefficient (Wildman–Crippen LogP) is 5.88. The molecule has 0 radical (unpaired) electrons. The Morgan fingerprint density at radius 1 is 1.15 bits per heavy atom. The van der Waals surface area contributed by atoms with Gasteiger partial charge in [-0.3, -0.25) is 0 Å². The number of anilines is 1. The van der Waals surface area contributed by atoms with Crippen molar-refractivity contribution in [2.75, 3.05) is 25.5 Å². The summed E-state index contributed by atoms with van der Waals surface area (Å²) in [5, 5.41) is 18.8. The van der Waals surface area contributed by atoms with Crippen molar-refractivity contribution in [3.8, 4) is 23.3 Å². The summed E-state index contributed by atoms with van der Waals surface area (Å²) in [6.45, 7) is 9.04. The predicted molar refractivity (Wildman–Crippen MR) is 155 cm³/mol. The SMILES string of the molecule is COc1ccc(Cn2nc(N[C@@H]3CCN(C(=O)OC(C)(C)C)C3)c3c(Oc4ccc(C)cc4C#N)ccnc32)cc1. The minimum Gasteiger partial charge on any atom is -0.497 e. The molecule has 2 aromatic carbocycles. The Morgan fingerprint density at radius 2 is 1.93 bits per heavy atom. The average molecular weight is 555 g/mol. The summed E-state index contributed by atoms with van der Waals surface area (Å²) in [5.74, 6) is 2.35. The number of nitrogens with zero attached hydrogens (tertiary/aromatic N) is 5. The Hall–Kier alpha value is -4.78. The molecular formula is C31H34N6O4. The molecule has 5 rings (SSSR count). The number of carbonyl (C=O) groups is 1. The first-order chi connectivity index (χ1) is 19.6. The number of methoxy groups -OCH3 is 1. The maximum absolute atomic E-state index is 12.7. The van der Waals surface area contributed by atoms with Crippen molar-refractivity contribution >= 4 is 22.9 Å². The summed E-state index contributed by atoms with van der Waals surface area (Å²) in [5.41, 5.74) is 2.51. The Bertz CT molecular complexity index is 1600. The smallest absolute Gasteiger partial charge is 0.410 e. The van der Waals surface area contributed by atoms with Crippen LogP contribution in [0.25, 0.3) is 11.0 Å². The molecule has 41 heavy (non-hydrogen) atoms. The number of aryl methyl sites for hydroxylation is 1. The quantitative estimate of drug-likeness (QED) is 0.301.